The predicted molar refractivity (Wildman–Crippen MR) is 113 cm³/mol. The van der Waals surface area contributed by atoms with Gasteiger partial charge in [0.05, 0.1) is 21.6 Å². The molecule has 1 aromatic heterocycles. The molecular formula is C20H19FN4O4S. The monoisotopic (exact) mass is 430 g/mol. The van der Waals surface area contributed by atoms with E-state index in [1.165, 1.54) is 6.07 Å². The number of amides is 1. The van der Waals surface area contributed by atoms with Crippen LogP contribution >= 0.6 is 11.8 Å². The largest absolute Gasteiger partial charge is 0.325 e. The molecular weight excluding hydrogens is 411 g/mol. The summed E-state index contributed by atoms with van der Waals surface area (Å²) in [4.78, 5) is 39.8. The highest BCUT2D eigenvalue weighted by Crippen LogP contribution is 2.24. The molecule has 1 atom stereocenters. The molecule has 0 saturated heterocycles. The average Bonchev–Trinajstić information content (AvgIpc) is 2.73. The van der Waals surface area contributed by atoms with Gasteiger partial charge in [-0.3, -0.25) is 24.3 Å². The molecule has 2 aromatic carbocycles. The summed E-state index contributed by atoms with van der Waals surface area (Å²) in [5.41, 5.74) is -0.243. The number of nitrogens with zero attached hydrogens (tertiary/aromatic N) is 3. The summed E-state index contributed by atoms with van der Waals surface area (Å²) in [7, 11) is 0. The molecule has 1 unspecified atom stereocenters. The number of hydrogen-bond donors (Lipinski definition) is 1. The molecule has 1 heterocycles. The summed E-state index contributed by atoms with van der Waals surface area (Å²) in [5.74, 6) is -1.52. The number of nitro groups is 1. The molecule has 0 aliphatic rings. The predicted octanol–water partition coefficient (Wildman–Crippen LogP) is 4.15. The lowest BCUT2D eigenvalue weighted by Crippen LogP contribution is -2.26. The fourth-order valence-electron chi connectivity index (χ4n) is 2.86. The van der Waals surface area contributed by atoms with Gasteiger partial charge >= 0.3 is 5.69 Å². The second-order valence-corrected chi connectivity index (χ2v) is 7.55. The number of aromatic nitrogens is 2. The summed E-state index contributed by atoms with van der Waals surface area (Å²) in [6.07, 6.45) is 0.707. The van der Waals surface area contributed by atoms with Crippen molar-refractivity contribution in [3.63, 3.8) is 0 Å². The van der Waals surface area contributed by atoms with Gasteiger partial charge in [0.2, 0.25) is 11.7 Å². The number of carbonyl (C=O) groups excluding carboxylic acids is 1. The highest BCUT2D eigenvalue weighted by molar-refractivity contribution is 7.99. The first kappa shape index (κ1) is 21.4. The molecule has 0 spiro atoms. The van der Waals surface area contributed by atoms with Crippen molar-refractivity contribution in [2.75, 3.05) is 11.1 Å². The lowest BCUT2D eigenvalue weighted by atomic mass is 10.2. The molecule has 8 nitrogen and oxygen atoms in total. The van der Waals surface area contributed by atoms with E-state index >= 15 is 0 Å². The van der Waals surface area contributed by atoms with Crippen LogP contribution in [0.1, 0.15) is 26.3 Å². The van der Waals surface area contributed by atoms with Gasteiger partial charge in [-0.1, -0.05) is 30.8 Å². The zero-order chi connectivity index (χ0) is 21.8. The second kappa shape index (κ2) is 9.04. The Labute approximate surface area is 175 Å². The van der Waals surface area contributed by atoms with E-state index in [0.717, 1.165) is 23.9 Å². The molecule has 1 N–H and O–H groups in total. The van der Waals surface area contributed by atoms with Crippen LogP contribution in [-0.4, -0.2) is 26.1 Å². The topological polar surface area (TPSA) is 107 Å². The smallest absolute Gasteiger partial charge is 0.306 e. The van der Waals surface area contributed by atoms with Gasteiger partial charge in [0.15, 0.2) is 5.16 Å². The molecule has 0 bridgehead atoms. The van der Waals surface area contributed by atoms with Crippen LogP contribution in [0.25, 0.3) is 10.9 Å². The summed E-state index contributed by atoms with van der Waals surface area (Å²) < 4.78 is 15.0. The SMILES string of the molecule is CCC(C)n1c(SCC(=O)Nc2ccc(F)c([N+](=O)[O-])c2)nc2ccccc2c1=O. The van der Waals surface area contributed by atoms with Crippen molar-refractivity contribution in [3.05, 3.63) is 68.7 Å². The Balaban J connectivity index is 1.83. The van der Waals surface area contributed by atoms with Gasteiger partial charge in [-0.05, 0) is 37.6 Å². The molecule has 0 aliphatic carbocycles. The van der Waals surface area contributed by atoms with E-state index in [2.05, 4.69) is 10.3 Å². The number of thioether (sulfide) groups is 1. The first-order chi connectivity index (χ1) is 14.3. The fourth-order valence-corrected chi connectivity index (χ4v) is 3.75. The van der Waals surface area contributed by atoms with Crippen LogP contribution in [0.2, 0.25) is 0 Å². The number of benzene rings is 2. The van der Waals surface area contributed by atoms with Crippen molar-refractivity contribution < 1.29 is 14.1 Å². The first-order valence-corrected chi connectivity index (χ1v) is 10.2. The Morgan fingerprint density at radius 1 is 1.33 bits per heavy atom. The second-order valence-electron chi connectivity index (χ2n) is 6.60. The van der Waals surface area contributed by atoms with E-state index in [-0.39, 0.29) is 23.0 Å². The lowest BCUT2D eigenvalue weighted by molar-refractivity contribution is -0.387. The van der Waals surface area contributed by atoms with Crippen LogP contribution in [0.4, 0.5) is 15.8 Å². The molecule has 1 amide bonds. The number of fused-ring (bicyclic) bond motifs is 1. The minimum Gasteiger partial charge on any atom is -0.325 e. The highest BCUT2D eigenvalue weighted by atomic mass is 32.2. The molecule has 10 heteroatoms. The van der Waals surface area contributed by atoms with Gasteiger partial charge in [0.25, 0.3) is 5.56 Å². The van der Waals surface area contributed by atoms with Crippen LogP contribution in [0.5, 0.6) is 0 Å². The van der Waals surface area contributed by atoms with E-state index in [9.17, 15) is 24.1 Å². The number of nitrogens with one attached hydrogen (secondary N) is 1. The molecule has 30 heavy (non-hydrogen) atoms. The maximum atomic E-state index is 13.4. The van der Waals surface area contributed by atoms with Gasteiger partial charge in [-0.25, -0.2) is 4.98 Å². The summed E-state index contributed by atoms with van der Waals surface area (Å²) in [6, 6.07) is 10.0. The quantitative estimate of drug-likeness (QED) is 0.261. The van der Waals surface area contributed by atoms with E-state index in [1.54, 1.807) is 28.8 Å². The zero-order valence-corrected chi connectivity index (χ0v) is 17.1. The average molecular weight is 430 g/mol. The van der Waals surface area contributed by atoms with Crippen LogP contribution in [0, 0.1) is 15.9 Å². The summed E-state index contributed by atoms with van der Waals surface area (Å²) in [5, 5.41) is 14.3. The summed E-state index contributed by atoms with van der Waals surface area (Å²) in [6.45, 7) is 3.86. The Morgan fingerprint density at radius 2 is 2.07 bits per heavy atom. The molecule has 3 rings (SSSR count). The molecule has 0 radical (unpaired) electrons. The Hall–Kier alpha value is -3.27. The van der Waals surface area contributed by atoms with Crippen molar-refractivity contribution >= 4 is 39.9 Å². The van der Waals surface area contributed by atoms with E-state index in [4.69, 9.17) is 0 Å². The number of anilines is 1. The van der Waals surface area contributed by atoms with Crippen LogP contribution in [0.15, 0.2) is 52.4 Å². The number of rotatable bonds is 7. The van der Waals surface area contributed by atoms with Crippen LogP contribution < -0.4 is 10.9 Å². The minimum absolute atomic E-state index is 0.0770. The van der Waals surface area contributed by atoms with Gasteiger partial charge in [0, 0.05) is 17.8 Å². The van der Waals surface area contributed by atoms with Crippen LogP contribution in [-0.2, 0) is 4.79 Å². The third-order valence-corrected chi connectivity index (χ3v) is 5.52. The van der Waals surface area contributed by atoms with Crippen molar-refractivity contribution in [1.29, 1.82) is 0 Å². The highest BCUT2D eigenvalue weighted by Gasteiger charge is 2.18. The Kier molecular flexibility index (Phi) is 6.46. The van der Waals surface area contributed by atoms with Gasteiger partial charge in [-0.2, -0.15) is 4.39 Å². The third-order valence-electron chi connectivity index (χ3n) is 4.57. The van der Waals surface area contributed by atoms with Crippen molar-refractivity contribution in [2.24, 2.45) is 0 Å². The van der Waals surface area contributed by atoms with Gasteiger partial charge in [-0.15, -0.1) is 0 Å². The maximum Gasteiger partial charge on any atom is 0.306 e. The van der Waals surface area contributed by atoms with Crippen molar-refractivity contribution in [2.45, 2.75) is 31.5 Å². The van der Waals surface area contributed by atoms with E-state index in [0.29, 0.717) is 22.5 Å². The first-order valence-electron chi connectivity index (χ1n) is 9.19. The van der Waals surface area contributed by atoms with E-state index < -0.39 is 22.3 Å². The molecule has 0 saturated carbocycles. The maximum absolute atomic E-state index is 13.4. The normalized spacial score (nSPS) is 12.0. The van der Waals surface area contributed by atoms with Gasteiger partial charge in [0.1, 0.15) is 0 Å². The number of para-hydroxylation sites is 1. The molecule has 3 aromatic rings. The lowest BCUT2D eigenvalue weighted by Gasteiger charge is -2.18. The zero-order valence-electron chi connectivity index (χ0n) is 16.3. The molecule has 156 valence electrons. The van der Waals surface area contributed by atoms with Crippen LogP contribution in [0.3, 0.4) is 0 Å². The summed E-state index contributed by atoms with van der Waals surface area (Å²) >= 11 is 1.09. The molecule has 0 fully saturated rings. The number of hydrogen-bond acceptors (Lipinski definition) is 6. The minimum atomic E-state index is -0.981. The fraction of sp³-hybridized carbons (Fsp3) is 0.250. The van der Waals surface area contributed by atoms with Crippen molar-refractivity contribution in [3.8, 4) is 0 Å². The van der Waals surface area contributed by atoms with Crippen molar-refractivity contribution in [1.82, 2.24) is 9.55 Å². The standard InChI is InChI=1S/C20H19FN4O4S/c1-3-12(2)24-19(27)14-6-4-5-7-16(14)23-20(24)30-11-18(26)22-13-8-9-15(21)17(10-13)25(28)29/h4-10,12H,3,11H2,1-2H3,(H,22,26). The number of carbonyl (C=O) groups is 1. The Morgan fingerprint density at radius 3 is 2.77 bits per heavy atom. The third kappa shape index (κ3) is 4.48. The Bertz CT molecular complexity index is 1180. The number of halogens is 1. The molecule has 0 aliphatic heterocycles. The number of nitro benzene ring substituents is 1. The van der Waals surface area contributed by atoms with Gasteiger partial charge < -0.3 is 5.32 Å². The van der Waals surface area contributed by atoms with E-state index in [1.807, 2.05) is 13.8 Å².